The Kier molecular flexibility index (Phi) is 2.99. The number of carbonyl (C=O) groups excluding carboxylic acids is 1. The lowest BCUT2D eigenvalue weighted by Crippen LogP contribution is -2.20. The summed E-state index contributed by atoms with van der Waals surface area (Å²) in [5.41, 5.74) is 5.75. The van der Waals surface area contributed by atoms with E-state index in [0.717, 1.165) is 5.69 Å². The molecule has 88 valence electrons. The molecule has 17 heavy (non-hydrogen) atoms. The molecule has 0 saturated heterocycles. The van der Waals surface area contributed by atoms with Crippen LogP contribution in [0.1, 0.15) is 5.82 Å². The van der Waals surface area contributed by atoms with Gasteiger partial charge in [-0.1, -0.05) is 6.07 Å². The first-order chi connectivity index (χ1) is 8.16. The second-order valence-electron chi connectivity index (χ2n) is 3.39. The molecular weight excluding hydrogens is 222 g/mol. The number of aryl methyl sites for hydroxylation is 1. The Bertz CT molecular complexity index is 537. The molecule has 0 unspecified atom stereocenters. The summed E-state index contributed by atoms with van der Waals surface area (Å²) < 4.78 is 6.76. The van der Waals surface area contributed by atoms with Crippen LogP contribution in [-0.4, -0.2) is 32.7 Å². The normalized spacial score (nSPS) is 10.2. The van der Waals surface area contributed by atoms with Crippen LogP contribution in [-0.2, 0) is 4.79 Å². The zero-order valence-electron chi connectivity index (χ0n) is 9.20. The number of benzene rings is 1. The summed E-state index contributed by atoms with van der Waals surface area (Å²) in [6, 6.07) is 7.08. The lowest BCUT2D eigenvalue weighted by atomic mass is 10.3. The molecule has 0 radical (unpaired) electrons. The average molecular weight is 233 g/mol. The lowest BCUT2D eigenvalue weighted by molar-refractivity contribution is -0.119. The monoisotopic (exact) mass is 233 g/mol. The van der Waals surface area contributed by atoms with Gasteiger partial charge in [0.15, 0.2) is 12.4 Å². The van der Waals surface area contributed by atoms with E-state index in [1.54, 1.807) is 29.8 Å². The van der Waals surface area contributed by atoms with Crippen molar-refractivity contribution in [3.63, 3.8) is 0 Å². The van der Waals surface area contributed by atoms with Crippen LogP contribution < -0.4 is 10.5 Å². The van der Waals surface area contributed by atoms with Gasteiger partial charge >= 0.3 is 0 Å². The van der Waals surface area contributed by atoms with Crippen molar-refractivity contribution in [1.82, 2.24) is 20.2 Å². The molecule has 0 aliphatic rings. The number of primary amides is 1. The molecule has 0 aliphatic carbocycles. The number of carbonyl (C=O) groups is 1. The quantitative estimate of drug-likeness (QED) is 0.791. The van der Waals surface area contributed by atoms with Gasteiger partial charge in [0, 0.05) is 6.07 Å². The van der Waals surface area contributed by atoms with E-state index in [1.165, 1.54) is 0 Å². The number of aromatic nitrogens is 4. The first-order valence-electron chi connectivity index (χ1n) is 4.93. The zero-order chi connectivity index (χ0) is 12.3. The van der Waals surface area contributed by atoms with Crippen molar-refractivity contribution in [1.29, 1.82) is 0 Å². The van der Waals surface area contributed by atoms with Gasteiger partial charge in [-0.05, 0) is 29.5 Å². The van der Waals surface area contributed by atoms with E-state index in [0.29, 0.717) is 11.6 Å². The number of hydrogen-bond donors (Lipinski definition) is 1. The topological polar surface area (TPSA) is 95.9 Å². The SMILES string of the molecule is Cc1nnnn1-c1cccc(OCC(N)=O)c1. The smallest absolute Gasteiger partial charge is 0.255 e. The fraction of sp³-hybridized carbons (Fsp3) is 0.200. The Morgan fingerprint density at radius 3 is 3.00 bits per heavy atom. The van der Waals surface area contributed by atoms with Crippen LogP contribution in [0, 0.1) is 6.92 Å². The minimum Gasteiger partial charge on any atom is -0.484 e. The van der Waals surface area contributed by atoms with E-state index in [1.807, 2.05) is 6.07 Å². The Labute approximate surface area is 97.2 Å². The summed E-state index contributed by atoms with van der Waals surface area (Å²) in [5, 5.41) is 11.2. The van der Waals surface area contributed by atoms with Crippen molar-refractivity contribution in [3.8, 4) is 11.4 Å². The largest absolute Gasteiger partial charge is 0.484 e. The highest BCUT2D eigenvalue weighted by molar-refractivity contribution is 5.75. The van der Waals surface area contributed by atoms with Crippen LogP contribution in [0.2, 0.25) is 0 Å². The minimum absolute atomic E-state index is 0.155. The summed E-state index contributed by atoms with van der Waals surface area (Å²) >= 11 is 0. The molecule has 2 N–H and O–H groups in total. The Hall–Kier alpha value is -2.44. The van der Waals surface area contributed by atoms with Gasteiger partial charge in [0.25, 0.3) is 5.91 Å². The maximum atomic E-state index is 10.6. The number of amides is 1. The van der Waals surface area contributed by atoms with Crippen molar-refractivity contribution in [2.45, 2.75) is 6.92 Å². The van der Waals surface area contributed by atoms with Crippen molar-refractivity contribution in [2.24, 2.45) is 5.73 Å². The molecule has 0 fully saturated rings. The van der Waals surface area contributed by atoms with Crippen molar-refractivity contribution in [2.75, 3.05) is 6.61 Å². The highest BCUT2D eigenvalue weighted by Gasteiger charge is 2.05. The van der Waals surface area contributed by atoms with Crippen molar-refractivity contribution in [3.05, 3.63) is 30.1 Å². The first kappa shape index (κ1) is 11.1. The number of nitrogens with two attached hydrogens (primary N) is 1. The van der Waals surface area contributed by atoms with E-state index in [4.69, 9.17) is 10.5 Å². The summed E-state index contributed by atoms with van der Waals surface area (Å²) in [6.07, 6.45) is 0. The third-order valence-electron chi connectivity index (χ3n) is 2.07. The molecule has 0 spiro atoms. The molecule has 1 aromatic heterocycles. The van der Waals surface area contributed by atoms with Crippen LogP contribution in [0.25, 0.3) is 5.69 Å². The summed E-state index contributed by atoms with van der Waals surface area (Å²) in [6.45, 7) is 1.63. The zero-order valence-corrected chi connectivity index (χ0v) is 9.20. The lowest BCUT2D eigenvalue weighted by Gasteiger charge is -2.06. The van der Waals surface area contributed by atoms with E-state index < -0.39 is 5.91 Å². The number of hydrogen-bond acceptors (Lipinski definition) is 5. The Morgan fingerprint density at radius 1 is 1.53 bits per heavy atom. The van der Waals surface area contributed by atoms with Crippen molar-refractivity contribution >= 4 is 5.91 Å². The second-order valence-corrected chi connectivity index (χ2v) is 3.39. The fourth-order valence-electron chi connectivity index (χ4n) is 1.33. The number of rotatable bonds is 4. The van der Waals surface area contributed by atoms with Gasteiger partial charge in [-0.2, -0.15) is 4.68 Å². The van der Waals surface area contributed by atoms with Crippen LogP contribution in [0.4, 0.5) is 0 Å². The first-order valence-corrected chi connectivity index (χ1v) is 4.93. The average Bonchev–Trinajstić information content (AvgIpc) is 2.73. The third kappa shape index (κ3) is 2.57. The summed E-state index contributed by atoms with van der Waals surface area (Å²) in [4.78, 5) is 10.6. The molecule has 0 atom stereocenters. The molecule has 0 aliphatic heterocycles. The number of ether oxygens (including phenoxy) is 1. The molecule has 7 nitrogen and oxygen atoms in total. The molecule has 2 rings (SSSR count). The molecular formula is C10H11N5O2. The Balaban J connectivity index is 2.23. The number of tetrazole rings is 1. The minimum atomic E-state index is -0.519. The Morgan fingerprint density at radius 2 is 2.35 bits per heavy atom. The highest BCUT2D eigenvalue weighted by atomic mass is 16.5. The molecule has 1 heterocycles. The molecule has 7 heteroatoms. The van der Waals surface area contributed by atoms with Crippen LogP contribution in [0.5, 0.6) is 5.75 Å². The van der Waals surface area contributed by atoms with Gasteiger partial charge in [0.1, 0.15) is 5.75 Å². The van der Waals surface area contributed by atoms with Crippen molar-refractivity contribution < 1.29 is 9.53 Å². The molecule has 0 bridgehead atoms. The molecule has 0 saturated carbocycles. The van der Waals surface area contributed by atoms with Crippen LogP contribution in [0.15, 0.2) is 24.3 Å². The summed E-state index contributed by atoms with van der Waals surface area (Å²) in [7, 11) is 0. The fourth-order valence-corrected chi connectivity index (χ4v) is 1.33. The maximum absolute atomic E-state index is 10.6. The van der Waals surface area contributed by atoms with Gasteiger partial charge in [-0.25, -0.2) is 0 Å². The predicted octanol–water partition coefficient (Wildman–Crippen LogP) is -0.165. The van der Waals surface area contributed by atoms with Gasteiger partial charge in [-0.15, -0.1) is 5.10 Å². The van der Waals surface area contributed by atoms with Gasteiger partial charge in [0.2, 0.25) is 0 Å². The standard InChI is InChI=1S/C10H11N5O2/c1-7-12-13-14-15(7)8-3-2-4-9(5-8)17-6-10(11)16/h2-5H,6H2,1H3,(H2,11,16). The molecule has 2 aromatic rings. The van der Waals surface area contributed by atoms with Crippen LogP contribution >= 0.6 is 0 Å². The van der Waals surface area contributed by atoms with E-state index >= 15 is 0 Å². The van der Waals surface area contributed by atoms with Crippen LogP contribution in [0.3, 0.4) is 0 Å². The maximum Gasteiger partial charge on any atom is 0.255 e. The van der Waals surface area contributed by atoms with E-state index in [9.17, 15) is 4.79 Å². The predicted molar refractivity (Wildman–Crippen MR) is 58.6 cm³/mol. The van der Waals surface area contributed by atoms with Gasteiger partial charge in [0.05, 0.1) is 5.69 Å². The highest BCUT2D eigenvalue weighted by Crippen LogP contribution is 2.16. The summed E-state index contributed by atoms with van der Waals surface area (Å²) in [5.74, 6) is 0.683. The van der Waals surface area contributed by atoms with Gasteiger partial charge in [-0.3, -0.25) is 4.79 Å². The molecule has 1 aromatic carbocycles. The van der Waals surface area contributed by atoms with Gasteiger partial charge < -0.3 is 10.5 Å². The van der Waals surface area contributed by atoms with E-state index in [2.05, 4.69) is 15.5 Å². The second kappa shape index (κ2) is 4.60. The molecule has 1 amide bonds. The van der Waals surface area contributed by atoms with E-state index in [-0.39, 0.29) is 6.61 Å². The third-order valence-corrected chi connectivity index (χ3v) is 2.07. The number of nitrogens with zero attached hydrogens (tertiary/aromatic N) is 4.